The zero-order chi connectivity index (χ0) is 9.84. The number of carbonyl (C=O) groups is 1. The molecule has 0 radical (unpaired) electrons. The van der Waals surface area contributed by atoms with Gasteiger partial charge >= 0.3 is 0 Å². The number of rotatable bonds is 2. The van der Waals surface area contributed by atoms with Gasteiger partial charge in [0.25, 0.3) is 0 Å². The molecule has 0 saturated heterocycles. The third-order valence-corrected chi connectivity index (χ3v) is 2.32. The van der Waals surface area contributed by atoms with Crippen molar-refractivity contribution >= 4 is 39.1 Å². The number of carbonyl (C=O) groups excluding carboxylic acids is 1. The van der Waals surface area contributed by atoms with Gasteiger partial charge in [0.15, 0.2) is 0 Å². The Hall–Kier alpha value is -0.610. The van der Waals surface area contributed by atoms with Crippen molar-refractivity contribution in [3.8, 4) is 0 Å². The Kier molecular flexibility index (Phi) is 3.69. The molecule has 1 heterocycles. The highest BCUT2D eigenvalue weighted by molar-refractivity contribution is 9.10. The summed E-state index contributed by atoms with van der Waals surface area (Å²) in [4.78, 5) is 14.9. The lowest BCUT2D eigenvalue weighted by Crippen LogP contribution is -2.14. The lowest BCUT2D eigenvalue weighted by atomic mass is 10.2. The maximum atomic E-state index is 11.0. The molecule has 0 aliphatic rings. The number of amides is 1. The number of hydrogen-bond donors (Lipinski definition) is 1. The van der Waals surface area contributed by atoms with Crippen molar-refractivity contribution in [3.05, 3.63) is 22.4 Å². The van der Waals surface area contributed by atoms with E-state index < -0.39 is 0 Å². The van der Waals surface area contributed by atoms with E-state index in [0.717, 1.165) is 15.7 Å². The molecule has 70 valence electrons. The zero-order valence-corrected chi connectivity index (χ0v) is 9.32. The van der Waals surface area contributed by atoms with E-state index in [1.165, 1.54) is 0 Å². The van der Waals surface area contributed by atoms with Crippen LogP contribution in [0.2, 0.25) is 0 Å². The summed E-state index contributed by atoms with van der Waals surface area (Å²) in [5, 5.41) is 2.67. The van der Waals surface area contributed by atoms with E-state index in [1.54, 1.807) is 12.4 Å². The fraction of sp³-hybridized carbons (Fsp3) is 0.250. The standard InChI is InChI=1S/C8H8BrClN2O/c1-5-3-11-4-6(9)8(5)12-7(13)2-10/h3-4H,2H2,1H3,(H,11,12,13). The van der Waals surface area contributed by atoms with Crippen molar-refractivity contribution in [3.63, 3.8) is 0 Å². The van der Waals surface area contributed by atoms with Crippen LogP contribution in [0.25, 0.3) is 0 Å². The Morgan fingerprint density at radius 2 is 2.38 bits per heavy atom. The van der Waals surface area contributed by atoms with Crippen LogP contribution in [0.4, 0.5) is 5.69 Å². The molecule has 1 aromatic rings. The van der Waals surface area contributed by atoms with Crippen LogP contribution in [-0.2, 0) is 4.79 Å². The van der Waals surface area contributed by atoms with Gasteiger partial charge in [0.05, 0.1) is 10.2 Å². The minimum absolute atomic E-state index is 0.0474. The summed E-state index contributed by atoms with van der Waals surface area (Å²) in [5.74, 6) is -0.273. The fourth-order valence-corrected chi connectivity index (χ4v) is 1.46. The van der Waals surface area contributed by atoms with E-state index in [9.17, 15) is 4.79 Å². The molecule has 3 nitrogen and oxygen atoms in total. The molecule has 0 aliphatic carbocycles. The Labute approximate surface area is 89.6 Å². The van der Waals surface area contributed by atoms with Gasteiger partial charge in [-0.1, -0.05) is 0 Å². The third kappa shape index (κ3) is 2.67. The second-order valence-electron chi connectivity index (χ2n) is 2.50. The first kappa shape index (κ1) is 10.5. The van der Waals surface area contributed by atoms with Crippen LogP contribution in [0.3, 0.4) is 0 Å². The van der Waals surface area contributed by atoms with Crippen molar-refractivity contribution in [2.45, 2.75) is 6.92 Å². The van der Waals surface area contributed by atoms with Crippen LogP contribution >= 0.6 is 27.5 Å². The maximum absolute atomic E-state index is 11.0. The molecule has 0 spiro atoms. The van der Waals surface area contributed by atoms with E-state index in [2.05, 4.69) is 26.2 Å². The molecule has 1 aromatic heterocycles. The number of aromatic nitrogens is 1. The molecule has 0 aliphatic heterocycles. The molecule has 1 amide bonds. The van der Waals surface area contributed by atoms with Crippen LogP contribution in [0.15, 0.2) is 16.9 Å². The quantitative estimate of drug-likeness (QED) is 0.832. The van der Waals surface area contributed by atoms with Gasteiger partial charge in [0.1, 0.15) is 5.88 Å². The van der Waals surface area contributed by atoms with Gasteiger partial charge in [-0.15, -0.1) is 11.6 Å². The summed E-state index contributed by atoms with van der Waals surface area (Å²) in [6, 6.07) is 0. The Morgan fingerprint density at radius 3 is 2.92 bits per heavy atom. The summed E-state index contributed by atoms with van der Waals surface area (Å²) in [6.07, 6.45) is 3.30. The first-order valence-corrected chi connectivity index (χ1v) is 4.94. The van der Waals surface area contributed by atoms with E-state index in [-0.39, 0.29) is 11.8 Å². The molecule has 0 bridgehead atoms. The SMILES string of the molecule is Cc1cncc(Br)c1NC(=O)CCl. The minimum atomic E-state index is -0.225. The van der Waals surface area contributed by atoms with Gasteiger partial charge < -0.3 is 5.32 Å². The molecular formula is C8H8BrClN2O. The number of alkyl halides is 1. The van der Waals surface area contributed by atoms with Gasteiger partial charge in [-0.05, 0) is 28.4 Å². The number of nitrogens with zero attached hydrogens (tertiary/aromatic N) is 1. The summed E-state index contributed by atoms with van der Waals surface area (Å²) >= 11 is 8.65. The normalized spacial score (nSPS) is 9.77. The average Bonchev–Trinajstić information content (AvgIpc) is 2.11. The molecule has 0 saturated carbocycles. The first-order valence-electron chi connectivity index (χ1n) is 3.61. The predicted octanol–water partition coefficient (Wildman–Crippen LogP) is 2.33. The number of aryl methyl sites for hydroxylation is 1. The van der Waals surface area contributed by atoms with Crippen LogP contribution in [0.1, 0.15) is 5.56 Å². The lowest BCUT2D eigenvalue weighted by Gasteiger charge is -2.07. The molecular weight excluding hydrogens is 255 g/mol. The second kappa shape index (κ2) is 4.58. The zero-order valence-electron chi connectivity index (χ0n) is 6.97. The van der Waals surface area contributed by atoms with E-state index in [1.807, 2.05) is 6.92 Å². The summed E-state index contributed by atoms with van der Waals surface area (Å²) in [6.45, 7) is 1.86. The summed E-state index contributed by atoms with van der Waals surface area (Å²) in [5.41, 5.74) is 1.62. The number of nitrogens with one attached hydrogen (secondary N) is 1. The second-order valence-corrected chi connectivity index (χ2v) is 3.62. The highest BCUT2D eigenvalue weighted by Crippen LogP contribution is 2.24. The maximum Gasteiger partial charge on any atom is 0.239 e. The molecule has 0 atom stereocenters. The van der Waals surface area contributed by atoms with Crippen LogP contribution in [-0.4, -0.2) is 16.8 Å². The number of pyridine rings is 1. The lowest BCUT2D eigenvalue weighted by molar-refractivity contribution is -0.113. The third-order valence-electron chi connectivity index (χ3n) is 1.48. The monoisotopic (exact) mass is 262 g/mol. The molecule has 1 N–H and O–H groups in total. The highest BCUT2D eigenvalue weighted by atomic mass is 79.9. The van der Waals surface area contributed by atoms with E-state index in [4.69, 9.17) is 11.6 Å². The van der Waals surface area contributed by atoms with Gasteiger partial charge in [0.2, 0.25) is 5.91 Å². The molecule has 0 unspecified atom stereocenters. The van der Waals surface area contributed by atoms with E-state index in [0.29, 0.717) is 0 Å². The Bertz CT molecular complexity index is 310. The highest BCUT2D eigenvalue weighted by Gasteiger charge is 2.06. The number of halogens is 2. The van der Waals surface area contributed by atoms with Crippen molar-refractivity contribution < 1.29 is 4.79 Å². The molecule has 0 fully saturated rings. The molecule has 13 heavy (non-hydrogen) atoms. The fourth-order valence-electron chi connectivity index (χ4n) is 0.863. The van der Waals surface area contributed by atoms with Crippen molar-refractivity contribution in [2.24, 2.45) is 0 Å². The minimum Gasteiger partial charge on any atom is -0.324 e. The Morgan fingerprint density at radius 1 is 1.69 bits per heavy atom. The topological polar surface area (TPSA) is 42.0 Å². The van der Waals surface area contributed by atoms with Crippen LogP contribution in [0, 0.1) is 6.92 Å². The Balaban J connectivity index is 2.93. The molecule has 0 aromatic carbocycles. The summed E-state index contributed by atoms with van der Waals surface area (Å²) in [7, 11) is 0. The average molecular weight is 264 g/mol. The first-order chi connectivity index (χ1) is 6.15. The van der Waals surface area contributed by atoms with Crippen LogP contribution in [0.5, 0.6) is 0 Å². The number of anilines is 1. The predicted molar refractivity (Wildman–Crippen MR) is 56.0 cm³/mol. The van der Waals surface area contributed by atoms with Gasteiger partial charge in [-0.25, -0.2) is 0 Å². The molecule has 5 heteroatoms. The molecule has 1 rings (SSSR count). The largest absolute Gasteiger partial charge is 0.324 e. The van der Waals surface area contributed by atoms with Gasteiger partial charge in [-0.2, -0.15) is 0 Å². The van der Waals surface area contributed by atoms with E-state index >= 15 is 0 Å². The summed E-state index contributed by atoms with van der Waals surface area (Å²) < 4.78 is 0.756. The van der Waals surface area contributed by atoms with Gasteiger partial charge in [0, 0.05) is 12.4 Å². The van der Waals surface area contributed by atoms with Crippen molar-refractivity contribution in [1.29, 1.82) is 0 Å². The van der Waals surface area contributed by atoms with Gasteiger partial charge in [-0.3, -0.25) is 9.78 Å². The van der Waals surface area contributed by atoms with Crippen molar-refractivity contribution in [2.75, 3.05) is 11.2 Å². The van der Waals surface area contributed by atoms with Crippen molar-refractivity contribution in [1.82, 2.24) is 4.98 Å². The smallest absolute Gasteiger partial charge is 0.239 e. The van der Waals surface area contributed by atoms with Crippen LogP contribution < -0.4 is 5.32 Å². The number of hydrogen-bond acceptors (Lipinski definition) is 2.